The Hall–Kier alpha value is -2.37. The molecule has 0 spiro atoms. The highest BCUT2D eigenvalue weighted by Crippen LogP contribution is 2.24. The minimum Gasteiger partial charge on any atom is -0.481 e. The Morgan fingerprint density at radius 1 is 1.30 bits per heavy atom. The Morgan fingerprint density at radius 2 is 2.04 bits per heavy atom. The first kappa shape index (κ1) is 17.0. The zero-order valence-corrected chi connectivity index (χ0v) is 13.5. The molecule has 1 aromatic carbocycles. The normalized spacial score (nSPS) is 13.4. The predicted molar refractivity (Wildman–Crippen MR) is 86.4 cm³/mol. The summed E-state index contributed by atoms with van der Waals surface area (Å²) in [5.41, 5.74) is 2.22. The third-order valence-corrected chi connectivity index (χ3v) is 3.72. The van der Waals surface area contributed by atoms with Crippen LogP contribution in [0.2, 0.25) is 0 Å². The molecule has 1 heterocycles. The number of nitrogens with zero attached hydrogens (tertiary/aromatic N) is 1. The summed E-state index contributed by atoms with van der Waals surface area (Å²) in [5.74, 6) is -0.844. The van der Waals surface area contributed by atoms with Gasteiger partial charge in [-0.25, -0.2) is 0 Å². The van der Waals surface area contributed by atoms with Crippen LogP contribution in [-0.2, 0) is 16.0 Å². The van der Waals surface area contributed by atoms with E-state index in [9.17, 15) is 14.4 Å². The predicted octanol–water partition coefficient (Wildman–Crippen LogP) is 2.14. The van der Waals surface area contributed by atoms with E-state index < -0.39 is 5.97 Å². The number of anilines is 1. The van der Waals surface area contributed by atoms with E-state index in [0.29, 0.717) is 24.9 Å². The molecule has 0 unspecified atom stereocenters. The van der Waals surface area contributed by atoms with Gasteiger partial charge in [0, 0.05) is 30.8 Å². The van der Waals surface area contributed by atoms with Gasteiger partial charge in [0.2, 0.25) is 5.91 Å². The Bertz CT molecular complexity index is 625. The fraction of sp³-hybridized carbons (Fsp3) is 0.471. The molecule has 124 valence electrons. The van der Waals surface area contributed by atoms with E-state index in [1.807, 2.05) is 13.8 Å². The second-order valence-corrected chi connectivity index (χ2v) is 6.21. The summed E-state index contributed by atoms with van der Waals surface area (Å²) in [6, 6.07) is 5.22. The minimum absolute atomic E-state index is 0.0144. The van der Waals surface area contributed by atoms with Crippen LogP contribution in [0.1, 0.15) is 42.6 Å². The zero-order chi connectivity index (χ0) is 17.0. The number of carboxylic acid groups (broad SMARTS) is 1. The lowest BCUT2D eigenvalue weighted by atomic mass is 9.99. The van der Waals surface area contributed by atoms with Crippen LogP contribution >= 0.6 is 0 Å². The maximum Gasteiger partial charge on any atom is 0.305 e. The van der Waals surface area contributed by atoms with Crippen molar-refractivity contribution >= 4 is 23.5 Å². The summed E-state index contributed by atoms with van der Waals surface area (Å²) in [7, 11) is 0. The summed E-state index contributed by atoms with van der Waals surface area (Å²) in [4.78, 5) is 36.4. The van der Waals surface area contributed by atoms with Gasteiger partial charge in [-0.15, -0.1) is 0 Å². The number of hydrogen-bond acceptors (Lipinski definition) is 3. The molecule has 0 radical (unpaired) electrons. The molecular formula is C17H22N2O4. The fourth-order valence-corrected chi connectivity index (χ4v) is 2.65. The van der Waals surface area contributed by atoms with Gasteiger partial charge in [0.1, 0.15) is 0 Å². The number of amides is 2. The highest BCUT2D eigenvalue weighted by Gasteiger charge is 2.21. The van der Waals surface area contributed by atoms with Gasteiger partial charge in [-0.2, -0.15) is 0 Å². The van der Waals surface area contributed by atoms with Crippen LogP contribution in [0.3, 0.4) is 0 Å². The Labute approximate surface area is 135 Å². The molecule has 2 amide bonds. The molecule has 1 aliphatic rings. The number of rotatable bonds is 6. The van der Waals surface area contributed by atoms with Crippen molar-refractivity contribution < 1.29 is 19.5 Å². The molecule has 1 aromatic rings. The molecule has 2 rings (SSSR count). The SMILES string of the molecule is CC(C)CN(CCC(=O)O)C(=O)c1ccc2c(c1)CCC(=O)N2. The summed E-state index contributed by atoms with van der Waals surface area (Å²) in [5, 5.41) is 11.6. The van der Waals surface area contributed by atoms with Gasteiger partial charge < -0.3 is 15.3 Å². The lowest BCUT2D eigenvalue weighted by Gasteiger charge is -2.25. The molecule has 1 aliphatic heterocycles. The van der Waals surface area contributed by atoms with Crippen molar-refractivity contribution in [3.8, 4) is 0 Å². The smallest absolute Gasteiger partial charge is 0.305 e. The number of benzene rings is 1. The van der Waals surface area contributed by atoms with Crippen molar-refractivity contribution in [2.24, 2.45) is 5.92 Å². The lowest BCUT2D eigenvalue weighted by molar-refractivity contribution is -0.137. The maximum atomic E-state index is 12.7. The van der Waals surface area contributed by atoms with Gasteiger partial charge in [0.15, 0.2) is 0 Å². The van der Waals surface area contributed by atoms with Crippen LogP contribution in [0.5, 0.6) is 0 Å². The minimum atomic E-state index is -0.917. The summed E-state index contributed by atoms with van der Waals surface area (Å²) < 4.78 is 0. The van der Waals surface area contributed by atoms with Gasteiger partial charge in [-0.05, 0) is 36.1 Å². The van der Waals surface area contributed by atoms with E-state index in [-0.39, 0.29) is 30.7 Å². The maximum absolute atomic E-state index is 12.7. The monoisotopic (exact) mass is 318 g/mol. The van der Waals surface area contributed by atoms with Crippen molar-refractivity contribution in [3.63, 3.8) is 0 Å². The number of hydrogen-bond donors (Lipinski definition) is 2. The van der Waals surface area contributed by atoms with E-state index >= 15 is 0 Å². The molecule has 23 heavy (non-hydrogen) atoms. The summed E-state index contributed by atoms with van der Waals surface area (Å²) in [6.45, 7) is 4.69. The van der Waals surface area contributed by atoms with Crippen LogP contribution in [0.15, 0.2) is 18.2 Å². The largest absolute Gasteiger partial charge is 0.481 e. The van der Waals surface area contributed by atoms with Crippen molar-refractivity contribution in [2.75, 3.05) is 18.4 Å². The zero-order valence-electron chi connectivity index (χ0n) is 13.5. The Morgan fingerprint density at radius 3 is 2.70 bits per heavy atom. The molecule has 0 aliphatic carbocycles. The molecule has 0 bridgehead atoms. The van der Waals surface area contributed by atoms with Crippen molar-refractivity contribution in [1.29, 1.82) is 0 Å². The third kappa shape index (κ3) is 4.55. The van der Waals surface area contributed by atoms with Crippen molar-refractivity contribution in [2.45, 2.75) is 33.1 Å². The average molecular weight is 318 g/mol. The fourth-order valence-electron chi connectivity index (χ4n) is 2.65. The molecule has 0 saturated carbocycles. The van der Waals surface area contributed by atoms with Crippen LogP contribution < -0.4 is 5.32 Å². The van der Waals surface area contributed by atoms with Crippen LogP contribution in [0, 0.1) is 5.92 Å². The van der Waals surface area contributed by atoms with E-state index in [1.54, 1.807) is 23.1 Å². The quantitative estimate of drug-likeness (QED) is 0.841. The Kier molecular flexibility index (Phi) is 5.36. The van der Waals surface area contributed by atoms with Crippen molar-refractivity contribution in [1.82, 2.24) is 4.90 Å². The average Bonchev–Trinajstić information content (AvgIpc) is 2.49. The number of carbonyl (C=O) groups excluding carboxylic acids is 2. The number of carbonyl (C=O) groups is 3. The molecule has 0 saturated heterocycles. The first-order valence-corrected chi connectivity index (χ1v) is 7.80. The second-order valence-electron chi connectivity index (χ2n) is 6.21. The highest BCUT2D eigenvalue weighted by molar-refractivity contribution is 5.98. The highest BCUT2D eigenvalue weighted by atomic mass is 16.4. The second kappa shape index (κ2) is 7.26. The number of aryl methyl sites for hydroxylation is 1. The first-order chi connectivity index (χ1) is 10.9. The third-order valence-electron chi connectivity index (χ3n) is 3.72. The Balaban J connectivity index is 2.18. The van der Waals surface area contributed by atoms with E-state index in [0.717, 1.165) is 11.3 Å². The molecule has 6 heteroatoms. The van der Waals surface area contributed by atoms with Gasteiger partial charge in [-0.3, -0.25) is 14.4 Å². The number of nitrogens with one attached hydrogen (secondary N) is 1. The van der Waals surface area contributed by atoms with Crippen LogP contribution in [0.4, 0.5) is 5.69 Å². The molecule has 0 fully saturated rings. The summed E-state index contributed by atoms with van der Waals surface area (Å²) in [6.07, 6.45) is 0.959. The van der Waals surface area contributed by atoms with Gasteiger partial charge >= 0.3 is 5.97 Å². The molecular weight excluding hydrogens is 296 g/mol. The van der Waals surface area contributed by atoms with E-state index in [2.05, 4.69) is 5.32 Å². The van der Waals surface area contributed by atoms with E-state index in [1.165, 1.54) is 0 Å². The molecule has 0 aromatic heterocycles. The van der Waals surface area contributed by atoms with Gasteiger partial charge in [-0.1, -0.05) is 13.8 Å². The molecule has 2 N–H and O–H groups in total. The number of carboxylic acids is 1. The standard InChI is InChI=1S/C17H22N2O4/c1-11(2)10-19(8-7-16(21)22)17(23)13-3-5-14-12(9-13)4-6-15(20)18-14/h3,5,9,11H,4,6-8,10H2,1-2H3,(H,18,20)(H,21,22). The number of fused-ring (bicyclic) bond motifs is 1. The van der Waals surface area contributed by atoms with E-state index in [4.69, 9.17) is 5.11 Å². The summed E-state index contributed by atoms with van der Waals surface area (Å²) >= 11 is 0. The topological polar surface area (TPSA) is 86.7 Å². The van der Waals surface area contributed by atoms with Crippen LogP contribution in [0.25, 0.3) is 0 Å². The van der Waals surface area contributed by atoms with Crippen LogP contribution in [-0.4, -0.2) is 40.9 Å². The lowest BCUT2D eigenvalue weighted by Crippen LogP contribution is -2.36. The van der Waals surface area contributed by atoms with Gasteiger partial charge in [0.05, 0.1) is 6.42 Å². The van der Waals surface area contributed by atoms with Crippen molar-refractivity contribution in [3.05, 3.63) is 29.3 Å². The first-order valence-electron chi connectivity index (χ1n) is 7.80. The molecule has 0 atom stereocenters. The number of aliphatic carboxylic acids is 1. The molecule has 6 nitrogen and oxygen atoms in total. The van der Waals surface area contributed by atoms with Gasteiger partial charge in [0.25, 0.3) is 5.91 Å².